The number of ether oxygens (including phenoxy) is 3. The molecule has 0 bridgehead atoms. The molecule has 0 radical (unpaired) electrons. The maximum atomic E-state index is 6.32. The molecule has 0 aromatic heterocycles. The van der Waals surface area contributed by atoms with Crippen molar-refractivity contribution in [2.24, 2.45) is 0 Å². The van der Waals surface area contributed by atoms with Crippen molar-refractivity contribution in [2.45, 2.75) is 32.3 Å². The molecule has 114 valence electrons. The van der Waals surface area contributed by atoms with Crippen molar-refractivity contribution < 1.29 is 14.2 Å². The Balaban J connectivity index is 1.92. The van der Waals surface area contributed by atoms with Gasteiger partial charge in [-0.1, -0.05) is 6.08 Å². The molecule has 1 N–H and O–H groups in total. The van der Waals surface area contributed by atoms with Crippen LogP contribution in [0.4, 0.5) is 0 Å². The lowest BCUT2D eigenvalue weighted by atomic mass is 9.89. The lowest BCUT2D eigenvalue weighted by molar-refractivity contribution is 0.0818. The Kier molecular flexibility index (Phi) is 4.06. The second-order valence-corrected chi connectivity index (χ2v) is 5.45. The molecule has 2 heterocycles. The third-order valence-electron chi connectivity index (χ3n) is 4.01. The molecule has 3 rings (SSSR count). The van der Waals surface area contributed by atoms with Crippen molar-refractivity contribution in [3.05, 3.63) is 23.8 Å². The lowest BCUT2D eigenvalue weighted by Crippen LogP contribution is -2.45. The molecule has 1 spiro atoms. The zero-order chi connectivity index (χ0) is 14.7. The van der Waals surface area contributed by atoms with Crippen LogP contribution in [-0.2, 0) is 0 Å². The summed E-state index contributed by atoms with van der Waals surface area (Å²) in [5.74, 6) is 2.44. The second-order valence-electron chi connectivity index (χ2n) is 5.45. The molecule has 1 fully saturated rings. The Morgan fingerprint density at radius 1 is 1.10 bits per heavy atom. The van der Waals surface area contributed by atoms with Gasteiger partial charge < -0.3 is 19.5 Å². The fourth-order valence-corrected chi connectivity index (χ4v) is 2.93. The van der Waals surface area contributed by atoms with E-state index in [1.54, 1.807) is 0 Å². The van der Waals surface area contributed by atoms with Gasteiger partial charge in [-0.15, -0.1) is 0 Å². The van der Waals surface area contributed by atoms with Gasteiger partial charge in [-0.05, 0) is 39.1 Å². The zero-order valence-electron chi connectivity index (χ0n) is 12.8. The summed E-state index contributed by atoms with van der Waals surface area (Å²) in [5.41, 5.74) is 0.903. The smallest absolute Gasteiger partial charge is 0.164 e. The van der Waals surface area contributed by atoms with Crippen LogP contribution >= 0.6 is 0 Å². The Hall–Kier alpha value is -1.68. The number of fused-ring (bicyclic) bond motifs is 1. The molecule has 1 aromatic carbocycles. The average molecular weight is 289 g/mol. The van der Waals surface area contributed by atoms with Gasteiger partial charge in [0, 0.05) is 24.5 Å². The van der Waals surface area contributed by atoms with E-state index in [4.69, 9.17) is 14.2 Å². The van der Waals surface area contributed by atoms with E-state index in [0.717, 1.165) is 48.7 Å². The van der Waals surface area contributed by atoms with Gasteiger partial charge in [0.05, 0.1) is 13.2 Å². The monoisotopic (exact) mass is 289 g/mol. The maximum absolute atomic E-state index is 6.32. The fraction of sp³-hybridized carbons (Fsp3) is 0.529. The van der Waals surface area contributed by atoms with Crippen LogP contribution < -0.4 is 19.5 Å². The van der Waals surface area contributed by atoms with Crippen LogP contribution in [-0.4, -0.2) is 31.9 Å². The molecule has 2 aliphatic heterocycles. The Morgan fingerprint density at radius 2 is 1.76 bits per heavy atom. The number of nitrogens with one attached hydrogen (secondary N) is 1. The first-order valence-electron chi connectivity index (χ1n) is 7.79. The van der Waals surface area contributed by atoms with Crippen molar-refractivity contribution in [3.8, 4) is 17.2 Å². The summed E-state index contributed by atoms with van der Waals surface area (Å²) in [7, 11) is 0. The van der Waals surface area contributed by atoms with Crippen molar-refractivity contribution in [1.29, 1.82) is 0 Å². The topological polar surface area (TPSA) is 39.7 Å². The fourth-order valence-electron chi connectivity index (χ4n) is 2.93. The molecule has 4 nitrogen and oxygen atoms in total. The zero-order valence-corrected chi connectivity index (χ0v) is 12.8. The van der Waals surface area contributed by atoms with E-state index >= 15 is 0 Å². The number of hydrogen-bond acceptors (Lipinski definition) is 4. The van der Waals surface area contributed by atoms with E-state index < -0.39 is 0 Å². The van der Waals surface area contributed by atoms with E-state index in [-0.39, 0.29) is 5.60 Å². The van der Waals surface area contributed by atoms with E-state index in [1.165, 1.54) is 0 Å². The maximum Gasteiger partial charge on any atom is 0.164 e. The Bertz CT molecular complexity index is 533. The molecule has 4 heteroatoms. The summed E-state index contributed by atoms with van der Waals surface area (Å²) in [6, 6.07) is 3.98. The summed E-state index contributed by atoms with van der Waals surface area (Å²) < 4.78 is 17.7. The second kappa shape index (κ2) is 5.98. The molecular formula is C17H23NO3. The average Bonchev–Trinajstić information content (AvgIpc) is 2.50. The minimum Gasteiger partial charge on any atom is -0.490 e. The molecule has 0 atom stereocenters. The quantitative estimate of drug-likeness (QED) is 0.925. The van der Waals surface area contributed by atoms with Gasteiger partial charge in [-0.25, -0.2) is 0 Å². The number of piperidine rings is 1. The molecule has 1 aromatic rings. The minimum absolute atomic E-state index is 0.158. The van der Waals surface area contributed by atoms with Crippen LogP contribution in [0, 0.1) is 0 Å². The highest BCUT2D eigenvalue weighted by Gasteiger charge is 2.34. The van der Waals surface area contributed by atoms with Crippen LogP contribution in [0.25, 0.3) is 6.08 Å². The molecule has 2 aliphatic rings. The van der Waals surface area contributed by atoms with Crippen LogP contribution in [0.15, 0.2) is 18.2 Å². The summed E-state index contributed by atoms with van der Waals surface area (Å²) >= 11 is 0. The van der Waals surface area contributed by atoms with Gasteiger partial charge in [0.2, 0.25) is 0 Å². The SMILES string of the molecule is CCOc1cc2c(cc1OCC)OC1(C=C2)CCNCC1. The van der Waals surface area contributed by atoms with Crippen LogP contribution in [0.2, 0.25) is 0 Å². The third-order valence-corrected chi connectivity index (χ3v) is 4.01. The summed E-state index contributed by atoms with van der Waals surface area (Å²) in [6.45, 7) is 7.18. The highest BCUT2D eigenvalue weighted by Crippen LogP contribution is 2.42. The minimum atomic E-state index is -0.158. The first kappa shape index (κ1) is 14.3. The molecule has 0 aliphatic carbocycles. The Morgan fingerprint density at radius 3 is 2.43 bits per heavy atom. The van der Waals surface area contributed by atoms with Crippen LogP contribution in [0.1, 0.15) is 32.3 Å². The van der Waals surface area contributed by atoms with Crippen molar-refractivity contribution in [2.75, 3.05) is 26.3 Å². The van der Waals surface area contributed by atoms with Crippen molar-refractivity contribution in [3.63, 3.8) is 0 Å². The highest BCUT2D eigenvalue weighted by atomic mass is 16.5. The molecule has 0 unspecified atom stereocenters. The highest BCUT2D eigenvalue weighted by molar-refractivity contribution is 5.66. The predicted octanol–water partition coefficient (Wildman–Crippen LogP) is 3.01. The van der Waals surface area contributed by atoms with E-state index in [9.17, 15) is 0 Å². The summed E-state index contributed by atoms with van der Waals surface area (Å²) in [6.07, 6.45) is 6.36. The third kappa shape index (κ3) is 2.86. The normalized spacial score (nSPS) is 19.0. The summed E-state index contributed by atoms with van der Waals surface area (Å²) in [5, 5.41) is 3.38. The molecule has 0 amide bonds. The van der Waals surface area contributed by atoms with Gasteiger partial charge in [0.15, 0.2) is 11.5 Å². The van der Waals surface area contributed by atoms with Gasteiger partial charge >= 0.3 is 0 Å². The lowest BCUT2D eigenvalue weighted by Gasteiger charge is -2.38. The predicted molar refractivity (Wildman–Crippen MR) is 83.3 cm³/mol. The van der Waals surface area contributed by atoms with Gasteiger partial charge in [0.1, 0.15) is 11.4 Å². The van der Waals surface area contributed by atoms with Gasteiger partial charge in [0.25, 0.3) is 0 Å². The summed E-state index contributed by atoms with van der Waals surface area (Å²) in [4.78, 5) is 0. The standard InChI is InChI=1S/C17H23NO3/c1-3-19-15-11-13-5-6-17(7-9-18-10-8-17)21-14(13)12-16(15)20-4-2/h5-6,11-12,18H,3-4,7-10H2,1-2H3. The first-order chi connectivity index (χ1) is 10.3. The number of benzene rings is 1. The van der Waals surface area contributed by atoms with Crippen LogP contribution in [0.5, 0.6) is 17.2 Å². The molecule has 21 heavy (non-hydrogen) atoms. The van der Waals surface area contributed by atoms with Crippen molar-refractivity contribution in [1.82, 2.24) is 5.32 Å². The largest absolute Gasteiger partial charge is 0.490 e. The van der Waals surface area contributed by atoms with Gasteiger partial charge in [-0.3, -0.25) is 0 Å². The molecular weight excluding hydrogens is 266 g/mol. The number of rotatable bonds is 4. The van der Waals surface area contributed by atoms with E-state index in [2.05, 4.69) is 17.5 Å². The first-order valence-corrected chi connectivity index (χ1v) is 7.79. The molecule has 0 saturated carbocycles. The van der Waals surface area contributed by atoms with E-state index in [0.29, 0.717) is 13.2 Å². The van der Waals surface area contributed by atoms with E-state index in [1.807, 2.05) is 26.0 Å². The van der Waals surface area contributed by atoms with Gasteiger partial charge in [-0.2, -0.15) is 0 Å². The van der Waals surface area contributed by atoms with Crippen LogP contribution in [0.3, 0.4) is 0 Å². The number of hydrogen-bond donors (Lipinski definition) is 1. The Labute approximate surface area is 126 Å². The van der Waals surface area contributed by atoms with Crippen molar-refractivity contribution >= 4 is 6.08 Å². The molecule has 1 saturated heterocycles.